The number of hydrogen-bond acceptors (Lipinski definition) is 6. The first-order chi connectivity index (χ1) is 16.2. The zero-order valence-electron chi connectivity index (χ0n) is 18.6. The molecule has 1 spiro atoms. The van der Waals surface area contributed by atoms with Crippen LogP contribution < -0.4 is 21.1 Å². The fourth-order valence-corrected chi connectivity index (χ4v) is 5.83. The van der Waals surface area contributed by atoms with Gasteiger partial charge in [0, 0.05) is 28.7 Å². The topological polar surface area (TPSA) is 131 Å². The van der Waals surface area contributed by atoms with Crippen molar-refractivity contribution in [2.45, 2.75) is 31.5 Å². The van der Waals surface area contributed by atoms with Crippen LogP contribution in [0.5, 0.6) is 5.75 Å². The number of aryl methyl sites for hydroxylation is 1. The zero-order chi connectivity index (χ0) is 24.4. The van der Waals surface area contributed by atoms with Crippen LogP contribution in [0, 0.1) is 18.8 Å². The third-order valence-electron chi connectivity index (χ3n) is 7.00. The van der Waals surface area contributed by atoms with E-state index in [1.54, 1.807) is 50.4 Å². The van der Waals surface area contributed by atoms with Crippen LogP contribution in [0.15, 0.2) is 36.4 Å². The van der Waals surface area contributed by atoms with E-state index in [9.17, 15) is 19.2 Å². The molecule has 3 aliphatic rings. The molecule has 0 unspecified atom stereocenters. The number of nitrogens with zero attached hydrogens (tertiary/aromatic N) is 1. The summed E-state index contributed by atoms with van der Waals surface area (Å²) in [5, 5.41) is 6.42. The average Bonchev–Trinajstić information content (AvgIpc) is 3.35. The predicted molar refractivity (Wildman–Crippen MR) is 123 cm³/mol. The normalized spacial score (nSPS) is 27.2. The maximum Gasteiger partial charge on any atom is 0.250 e. The Kier molecular flexibility index (Phi) is 5.14. The average molecular weight is 483 g/mol. The van der Waals surface area contributed by atoms with Gasteiger partial charge in [-0.1, -0.05) is 23.7 Å². The number of nitrogens with one attached hydrogen (secondary N) is 2. The number of nitrogens with two attached hydrogens (primary N) is 1. The number of carbonyl (C=O) groups excluding carboxylic acids is 4. The van der Waals surface area contributed by atoms with Gasteiger partial charge in [-0.2, -0.15) is 0 Å². The lowest BCUT2D eigenvalue weighted by molar-refractivity contribution is -0.143. The maximum absolute atomic E-state index is 13.8. The number of benzene rings is 2. The molecular formula is C24H23ClN4O5. The van der Waals surface area contributed by atoms with Gasteiger partial charge in [-0.3, -0.25) is 29.4 Å². The van der Waals surface area contributed by atoms with Crippen LogP contribution in [0.25, 0.3) is 0 Å². The number of imide groups is 1. The molecule has 9 nitrogen and oxygen atoms in total. The summed E-state index contributed by atoms with van der Waals surface area (Å²) in [4.78, 5) is 53.8. The third kappa shape index (κ3) is 3.11. The van der Waals surface area contributed by atoms with Crippen LogP contribution in [-0.2, 0) is 31.3 Å². The molecule has 34 heavy (non-hydrogen) atoms. The number of rotatable bonds is 5. The molecule has 0 saturated carbocycles. The highest BCUT2D eigenvalue weighted by Crippen LogP contribution is 2.54. The molecule has 2 aromatic rings. The summed E-state index contributed by atoms with van der Waals surface area (Å²) in [5.74, 6) is -3.33. The quantitative estimate of drug-likeness (QED) is 0.553. The molecule has 2 saturated heterocycles. The van der Waals surface area contributed by atoms with E-state index in [2.05, 4.69) is 10.6 Å². The highest BCUT2D eigenvalue weighted by Gasteiger charge is 2.70. The van der Waals surface area contributed by atoms with Gasteiger partial charge in [0.25, 0.3) is 0 Å². The lowest BCUT2D eigenvalue weighted by Gasteiger charge is -2.29. The van der Waals surface area contributed by atoms with E-state index in [0.717, 1.165) is 16.0 Å². The van der Waals surface area contributed by atoms with E-state index in [0.29, 0.717) is 22.0 Å². The van der Waals surface area contributed by atoms with Crippen LogP contribution in [0.4, 0.5) is 5.69 Å². The highest BCUT2D eigenvalue weighted by atomic mass is 35.5. The van der Waals surface area contributed by atoms with E-state index in [4.69, 9.17) is 22.1 Å². The Hall–Kier alpha value is -3.43. The fourth-order valence-electron chi connectivity index (χ4n) is 5.55. The summed E-state index contributed by atoms with van der Waals surface area (Å²) >= 11 is 6.31. The number of primary amides is 1. The summed E-state index contributed by atoms with van der Waals surface area (Å²) < 4.78 is 5.17. The van der Waals surface area contributed by atoms with Gasteiger partial charge in [0.05, 0.1) is 25.5 Å². The first-order valence-electron chi connectivity index (χ1n) is 10.8. The third-order valence-corrected chi connectivity index (χ3v) is 7.22. The van der Waals surface area contributed by atoms with Gasteiger partial charge >= 0.3 is 0 Å². The summed E-state index contributed by atoms with van der Waals surface area (Å²) in [6, 6.07) is 9.58. The largest absolute Gasteiger partial charge is 0.497 e. The minimum Gasteiger partial charge on any atom is -0.497 e. The van der Waals surface area contributed by atoms with Crippen molar-refractivity contribution >= 4 is 40.9 Å². The van der Waals surface area contributed by atoms with Gasteiger partial charge in [-0.15, -0.1) is 0 Å². The van der Waals surface area contributed by atoms with E-state index < -0.39 is 47.0 Å². The van der Waals surface area contributed by atoms with E-state index in [1.165, 1.54) is 0 Å². The summed E-state index contributed by atoms with van der Waals surface area (Å²) in [5.41, 5.74) is 6.44. The smallest absolute Gasteiger partial charge is 0.250 e. The predicted octanol–water partition coefficient (Wildman–Crippen LogP) is 1.45. The molecule has 4 amide bonds. The zero-order valence-corrected chi connectivity index (χ0v) is 19.3. The molecule has 176 valence electrons. The Bertz CT molecular complexity index is 1250. The molecule has 3 aliphatic heterocycles. The van der Waals surface area contributed by atoms with Crippen molar-refractivity contribution in [3.63, 3.8) is 0 Å². The first kappa shape index (κ1) is 22.4. The number of fused-ring (bicyclic) bond motifs is 4. The lowest BCUT2D eigenvalue weighted by Crippen LogP contribution is -2.53. The number of likely N-dealkylation sites (tertiary alicyclic amines) is 1. The summed E-state index contributed by atoms with van der Waals surface area (Å²) in [7, 11) is 1.55. The highest BCUT2D eigenvalue weighted by molar-refractivity contribution is 6.31. The van der Waals surface area contributed by atoms with Crippen LogP contribution in [-0.4, -0.2) is 41.7 Å². The summed E-state index contributed by atoms with van der Waals surface area (Å²) in [6.45, 7) is 1.84. The minimum absolute atomic E-state index is 0.0388. The molecule has 2 fully saturated rings. The fraction of sp³-hybridized carbons (Fsp3) is 0.333. The molecule has 4 atom stereocenters. The molecule has 0 bridgehead atoms. The second-order valence-corrected chi connectivity index (χ2v) is 9.38. The first-order valence-corrected chi connectivity index (χ1v) is 11.2. The number of methoxy groups -OCH3 is 1. The monoisotopic (exact) mass is 482 g/mol. The number of hydrogen-bond donors (Lipinski definition) is 3. The van der Waals surface area contributed by atoms with Crippen molar-refractivity contribution in [1.29, 1.82) is 0 Å². The van der Waals surface area contributed by atoms with Gasteiger partial charge in [0.1, 0.15) is 11.3 Å². The molecule has 5 rings (SSSR count). The van der Waals surface area contributed by atoms with Gasteiger partial charge in [-0.25, -0.2) is 0 Å². The van der Waals surface area contributed by atoms with Crippen LogP contribution in [0.2, 0.25) is 5.02 Å². The molecular weight excluding hydrogens is 460 g/mol. The Morgan fingerprint density at radius 3 is 2.53 bits per heavy atom. The van der Waals surface area contributed by atoms with E-state index in [-0.39, 0.29) is 13.0 Å². The lowest BCUT2D eigenvalue weighted by atomic mass is 9.76. The molecule has 0 aromatic heterocycles. The standard InChI is InChI=1S/C24H23ClN4O5/c1-11-7-13(25)8-15-20(11)27-23(33)24(15)19-18(16(28-24)9-17(26)30)21(31)29(22(19)32)10-12-3-5-14(34-2)6-4-12/h3-8,16,18-19,28H,9-10H2,1-2H3,(H2,26,30)(H,27,33)/t16-,18+,19+,24+/m0/s1. The SMILES string of the molecule is COc1ccc(CN2C(=O)[C@@H]3[C@H](CC(N)=O)N[C@@]4(C(=O)Nc5c(C)cc(Cl)cc54)[C@H]3C2=O)cc1. The number of anilines is 1. The van der Waals surface area contributed by atoms with Gasteiger partial charge < -0.3 is 15.8 Å². The number of carbonyl (C=O) groups is 4. The molecule has 10 heteroatoms. The maximum atomic E-state index is 13.8. The van der Waals surface area contributed by atoms with Crippen molar-refractivity contribution in [3.05, 3.63) is 58.1 Å². The summed E-state index contributed by atoms with van der Waals surface area (Å²) in [6.07, 6.45) is -0.194. The second-order valence-electron chi connectivity index (χ2n) is 8.94. The molecule has 2 aromatic carbocycles. The molecule has 0 aliphatic carbocycles. The van der Waals surface area contributed by atoms with E-state index >= 15 is 0 Å². The van der Waals surface area contributed by atoms with Crippen LogP contribution >= 0.6 is 11.6 Å². The Morgan fingerprint density at radius 2 is 1.88 bits per heavy atom. The van der Waals surface area contributed by atoms with Crippen LogP contribution in [0.3, 0.4) is 0 Å². The second kappa shape index (κ2) is 7.82. The van der Waals surface area contributed by atoms with Crippen molar-refractivity contribution in [2.75, 3.05) is 12.4 Å². The number of ether oxygens (including phenoxy) is 1. The minimum atomic E-state index is -1.53. The van der Waals surface area contributed by atoms with Crippen LogP contribution in [0.1, 0.15) is 23.1 Å². The Balaban J connectivity index is 1.59. The van der Waals surface area contributed by atoms with Crippen molar-refractivity contribution < 1.29 is 23.9 Å². The number of halogens is 1. The van der Waals surface area contributed by atoms with Crippen molar-refractivity contribution in [1.82, 2.24) is 10.2 Å². The number of amides is 4. The molecule has 4 N–H and O–H groups in total. The molecule has 0 radical (unpaired) electrons. The Labute approximate surface area is 200 Å². The Morgan fingerprint density at radius 1 is 1.18 bits per heavy atom. The van der Waals surface area contributed by atoms with Gasteiger partial charge in [-0.05, 0) is 42.3 Å². The van der Waals surface area contributed by atoms with E-state index in [1.807, 2.05) is 0 Å². The van der Waals surface area contributed by atoms with Crippen molar-refractivity contribution in [2.24, 2.45) is 17.6 Å². The van der Waals surface area contributed by atoms with Gasteiger partial charge in [0.15, 0.2) is 0 Å². The van der Waals surface area contributed by atoms with Crippen molar-refractivity contribution in [3.8, 4) is 5.75 Å². The van der Waals surface area contributed by atoms with Gasteiger partial charge in [0.2, 0.25) is 23.6 Å². The molecule has 3 heterocycles.